The molecule has 0 radical (unpaired) electrons. The molecule has 0 saturated carbocycles. The zero-order chi connectivity index (χ0) is 46.2. The molecule has 11 heteroatoms. The van der Waals surface area contributed by atoms with E-state index in [-0.39, 0.29) is 13.0 Å². The van der Waals surface area contributed by atoms with Crippen molar-refractivity contribution in [2.45, 2.75) is 231 Å². The minimum atomic E-state index is -4.63. The van der Waals surface area contributed by atoms with Crippen molar-refractivity contribution in [3.63, 3.8) is 0 Å². The Hall–Kier alpha value is -2.33. The number of esters is 1. The molecule has 0 aliphatic carbocycles. The van der Waals surface area contributed by atoms with Crippen LogP contribution in [0.15, 0.2) is 60.8 Å². The Labute approximate surface area is 385 Å². The highest BCUT2D eigenvalue weighted by Crippen LogP contribution is 2.43. The largest absolute Gasteiger partial charge is 0.480 e. The van der Waals surface area contributed by atoms with Crippen LogP contribution in [0.25, 0.3) is 0 Å². The van der Waals surface area contributed by atoms with Gasteiger partial charge in [-0.3, -0.25) is 18.6 Å². The lowest BCUT2D eigenvalue weighted by molar-refractivity contribution is -0.154. The fourth-order valence-corrected chi connectivity index (χ4v) is 7.66. The fraction of sp³-hybridized carbons (Fsp3) is 0.769. The van der Waals surface area contributed by atoms with Gasteiger partial charge >= 0.3 is 19.8 Å². The summed E-state index contributed by atoms with van der Waals surface area (Å²) in [4.78, 5) is 33.7. The van der Waals surface area contributed by atoms with Crippen LogP contribution in [0.2, 0.25) is 0 Å². The topological polar surface area (TPSA) is 155 Å². The summed E-state index contributed by atoms with van der Waals surface area (Å²) in [7, 11) is -4.63. The molecule has 0 amide bonds. The van der Waals surface area contributed by atoms with E-state index in [1.807, 2.05) is 0 Å². The molecule has 366 valence electrons. The molecule has 0 fully saturated rings. The molecule has 4 N–H and O–H groups in total. The second-order valence-corrected chi connectivity index (χ2v) is 18.4. The molecule has 0 rings (SSSR count). The first-order chi connectivity index (χ1) is 30.7. The minimum Gasteiger partial charge on any atom is -0.480 e. The lowest BCUT2D eigenvalue weighted by Gasteiger charge is -2.20. The highest BCUT2D eigenvalue weighted by molar-refractivity contribution is 7.47. The summed E-state index contributed by atoms with van der Waals surface area (Å²) in [5.74, 6) is -1.79. The third kappa shape index (κ3) is 47.5. The van der Waals surface area contributed by atoms with Gasteiger partial charge in [-0.1, -0.05) is 197 Å². The molecule has 0 aliphatic rings. The number of rotatable bonds is 48. The van der Waals surface area contributed by atoms with Gasteiger partial charge in [-0.2, -0.15) is 0 Å². The number of phosphoric acid groups is 1. The van der Waals surface area contributed by atoms with Crippen molar-refractivity contribution in [2.24, 2.45) is 5.73 Å². The van der Waals surface area contributed by atoms with E-state index in [9.17, 15) is 19.0 Å². The lowest BCUT2D eigenvalue weighted by Crippen LogP contribution is -2.34. The molecule has 3 unspecified atom stereocenters. The van der Waals surface area contributed by atoms with Gasteiger partial charge in [0.25, 0.3) is 0 Å². The summed E-state index contributed by atoms with van der Waals surface area (Å²) in [6.45, 7) is 3.77. The predicted octanol–water partition coefficient (Wildman–Crippen LogP) is 14.8. The van der Waals surface area contributed by atoms with E-state index in [0.717, 1.165) is 83.5 Å². The molecule has 0 aromatic heterocycles. The molecule has 0 aliphatic heterocycles. The van der Waals surface area contributed by atoms with E-state index < -0.39 is 45.1 Å². The summed E-state index contributed by atoms with van der Waals surface area (Å²) in [5.41, 5.74) is 5.37. The van der Waals surface area contributed by atoms with Gasteiger partial charge in [-0.15, -0.1) is 0 Å². The number of nitrogens with two attached hydrogens (primary N) is 1. The van der Waals surface area contributed by atoms with Crippen LogP contribution in [0.3, 0.4) is 0 Å². The Kier molecular flexibility index (Phi) is 45.9. The standard InChI is InChI=1S/C52H94NO9P/c1-3-5-7-9-11-13-15-17-19-21-23-24-25-27-29-31-33-35-37-39-41-43-45-59-46-49(47-60-63(57,58)61-48-50(53)52(55)56)62-51(54)44-42-40-38-36-34-32-30-28-26-22-20-18-16-14-12-10-8-6-4-2/h6,8,12,14,18,20-21,23,26,28,49-50H,3-5,7,9-11,13,15-17,19,22,24-25,27,29-48,53H2,1-2H3,(H,55,56)(H,57,58)/b8-6-,14-12-,20-18-,23-21-,28-26-. The number of carbonyl (C=O) groups is 2. The van der Waals surface area contributed by atoms with Crippen molar-refractivity contribution in [1.82, 2.24) is 0 Å². The van der Waals surface area contributed by atoms with Gasteiger partial charge in [0.1, 0.15) is 12.1 Å². The number of hydrogen-bond acceptors (Lipinski definition) is 8. The lowest BCUT2D eigenvalue weighted by atomic mass is 10.1. The molecule has 3 atom stereocenters. The molecule has 10 nitrogen and oxygen atoms in total. The average Bonchev–Trinajstić information content (AvgIpc) is 3.26. The van der Waals surface area contributed by atoms with Gasteiger partial charge in [0.05, 0.1) is 19.8 Å². The number of phosphoric ester groups is 1. The highest BCUT2D eigenvalue weighted by Gasteiger charge is 2.27. The average molecular weight is 908 g/mol. The number of unbranched alkanes of at least 4 members (excludes halogenated alkanes) is 24. The summed E-state index contributed by atoms with van der Waals surface area (Å²) in [5, 5.41) is 8.93. The maximum Gasteiger partial charge on any atom is 0.472 e. The summed E-state index contributed by atoms with van der Waals surface area (Å²) in [6, 6.07) is -1.48. The second kappa shape index (κ2) is 47.6. The van der Waals surface area contributed by atoms with Crippen LogP contribution in [0.5, 0.6) is 0 Å². The number of ether oxygens (including phenoxy) is 2. The van der Waals surface area contributed by atoms with Crippen molar-refractivity contribution < 1.29 is 42.7 Å². The molecule has 0 bridgehead atoms. The number of carboxylic acids is 1. The fourth-order valence-electron chi connectivity index (χ4n) is 6.88. The summed E-state index contributed by atoms with van der Waals surface area (Å²) < 4.78 is 33.5. The van der Waals surface area contributed by atoms with Gasteiger partial charge in [-0.25, -0.2) is 4.57 Å². The van der Waals surface area contributed by atoms with E-state index in [4.69, 9.17) is 29.4 Å². The van der Waals surface area contributed by atoms with Crippen molar-refractivity contribution >= 4 is 19.8 Å². The second-order valence-electron chi connectivity index (χ2n) is 16.9. The molecule has 0 heterocycles. The van der Waals surface area contributed by atoms with E-state index in [1.54, 1.807) is 0 Å². The van der Waals surface area contributed by atoms with Crippen molar-refractivity contribution in [2.75, 3.05) is 26.4 Å². The zero-order valence-corrected chi connectivity index (χ0v) is 41.1. The van der Waals surface area contributed by atoms with Crippen LogP contribution in [-0.2, 0) is 32.7 Å². The number of hydrogen-bond donors (Lipinski definition) is 3. The minimum absolute atomic E-state index is 0.00863. The van der Waals surface area contributed by atoms with Crippen molar-refractivity contribution in [1.29, 1.82) is 0 Å². The first kappa shape index (κ1) is 60.7. The maximum absolute atomic E-state index is 12.7. The van der Waals surface area contributed by atoms with Crippen LogP contribution in [0, 0.1) is 0 Å². The van der Waals surface area contributed by atoms with Gasteiger partial charge in [0.15, 0.2) is 0 Å². The molecular formula is C52H94NO9P. The number of allylic oxidation sites excluding steroid dienone is 10. The van der Waals surface area contributed by atoms with Crippen LogP contribution in [0.1, 0.15) is 219 Å². The van der Waals surface area contributed by atoms with E-state index in [1.165, 1.54) is 109 Å². The third-order valence-corrected chi connectivity index (χ3v) is 11.7. The van der Waals surface area contributed by atoms with Gasteiger partial charge < -0.3 is 25.2 Å². The summed E-state index contributed by atoms with van der Waals surface area (Å²) >= 11 is 0. The normalized spacial score (nSPS) is 14.2. The molecule has 0 saturated heterocycles. The van der Waals surface area contributed by atoms with E-state index in [2.05, 4.69) is 74.6 Å². The molecule has 0 spiro atoms. The smallest absolute Gasteiger partial charge is 0.472 e. The first-order valence-electron chi connectivity index (χ1n) is 25.3. The van der Waals surface area contributed by atoms with Gasteiger partial charge in [-0.05, 0) is 77.0 Å². The maximum atomic E-state index is 12.7. The first-order valence-corrected chi connectivity index (χ1v) is 26.8. The Morgan fingerprint density at radius 1 is 0.524 bits per heavy atom. The number of aliphatic carboxylic acids is 1. The Bertz CT molecular complexity index is 1230. The quantitative estimate of drug-likeness (QED) is 0.0233. The van der Waals surface area contributed by atoms with Crippen LogP contribution in [-0.4, -0.2) is 60.5 Å². The van der Waals surface area contributed by atoms with E-state index >= 15 is 0 Å². The van der Waals surface area contributed by atoms with Crippen LogP contribution in [0.4, 0.5) is 0 Å². The SMILES string of the molecule is CC/C=C\C/C=C\C/C=C\C/C=C\CCCCCCCCC(=O)OC(COCCCCCCCCCCCC/C=C\CCCCCCCCCC)COP(=O)(O)OCC(N)C(=O)O. The molecule has 0 aromatic carbocycles. The molecular weight excluding hydrogens is 814 g/mol. The Morgan fingerprint density at radius 3 is 1.40 bits per heavy atom. The van der Waals surface area contributed by atoms with E-state index in [0.29, 0.717) is 13.0 Å². The van der Waals surface area contributed by atoms with Crippen molar-refractivity contribution in [3.8, 4) is 0 Å². The van der Waals surface area contributed by atoms with Crippen LogP contribution >= 0.6 is 7.82 Å². The Morgan fingerprint density at radius 2 is 0.921 bits per heavy atom. The molecule has 0 aromatic rings. The molecule has 63 heavy (non-hydrogen) atoms. The number of carbonyl (C=O) groups excluding carboxylic acids is 1. The van der Waals surface area contributed by atoms with Gasteiger partial charge in [0, 0.05) is 13.0 Å². The van der Waals surface area contributed by atoms with Gasteiger partial charge in [0.2, 0.25) is 0 Å². The van der Waals surface area contributed by atoms with Crippen LogP contribution < -0.4 is 5.73 Å². The number of carboxylic acid groups (broad SMARTS) is 1. The summed E-state index contributed by atoms with van der Waals surface area (Å²) in [6.07, 6.45) is 58.5. The zero-order valence-electron chi connectivity index (χ0n) is 40.2. The predicted molar refractivity (Wildman–Crippen MR) is 263 cm³/mol. The highest BCUT2D eigenvalue weighted by atomic mass is 31.2. The monoisotopic (exact) mass is 908 g/mol. The third-order valence-electron chi connectivity index (χ3n) is 10.8. The van der Waals surface area contributed by atoms with Crippen molar-refractivity contribution in [3.05, 3.63) is 60.8 Å². The Balaban J connectivity index is 4.17.